The van der Waals surface area contributed by atoms with Crippen LogP contribution in [0.25, 0.3) is 22.2 Å². The van der Waals surface area contributed by atoms with Gasteiger partial charge >= 0.3 is 0 Å². The molecule has 0 spiro atoms. The van der Waals surface area contributed by atoms with Gasteiger partial charge in [0.2, 0.25) is 5.13 Å². The van der Waals surface area contributed by atoms with Crippen LogP contribution >= 0.6 is 22.9 Å². The van der Waals surface area contributed by atoms with Crippen molar-refractivity contribution in [1.82, 2.24) is 9.97 Å². The van der Waals surface area contributed by atoms with E-state index in [0.717, 1.165) is 51.5 Å². The number of thiazole rings is 1. The van der Waals surface area contributed by atoms with Gasteiger partial charge in [0.05, 0.1) is 5.02 Å². The summed E-state index contributed by atoms with van der Waals surface area (Å²) in [6.07, 6.45) is 12.1. The van der Waals surface area contributed by atoms with Crippen molar-refractivity contribution in [3.63, 3.8) is 0 Å². The average Bonchev–Trinajstić information content (AvgIpc) is 3.30. The first kappa shape index (κ1) is 22.0. The number of halogens is 2. The van der Waals surface area contributed by atoms with E-state index in [-0.39, 0.29) is 5.13 Å². The van der Waals surface area contributed by atoms with Crippen molar-refractivity contribution in [2.24, 2.45) is 0 Å². The van der Waals surface area contributed by atoms with Gasteiger partial charge < -0.3 is 4.42 Å². The van der Waals surface area contributed by atoms with E-state index in [4.69, 9.17) is 16.0 Å². The molecule has 0 saturated carbocycles. The predicted octanol–water partition coefficient (Wildman–Crippen LogP) is 8.24. The van der Waals surface area contributed by atoms with E-state index in [0.29, 0.717) is 22.7 Å². The molecule has 3 aromatic heterocycles. The summed E-state index contributed by atoms with van der Waals surface area (Å²) in [6.45, 7) is 2.23. The molecule has 0 aliphatic rings. The van der Waals surface area contributed by atoms with Crippen molar-refractivity contribution in [2.75, 3.05) is 0 Å². The quantitative estimate of drug-likeness (QED) is 0.225. The fourth-order valence-electron chi connectivity index (χ4n) is 3.78. The number of nitrogens with zero attached hydrogens (tertiary/aromatic N) is 2. The average molecular weight is 457 g/mol. The summed E-state index contributed by atoms with van der Waals surface area (Å²) in [4.78, 5) is 8.56. The molecule has 0 radical (unpaired) electrons. The lowest BCUT2D eigenvalue weighted by atomic mass is 10.1. The summed E-state index contributed by atoms with van der Waals surface area (Å²) in [5, 5.41) is 2.06. The Bertz CT molecular complexity index is 1140. The minimum absolute atomic E-state index is 0.286. The molecular weight excluding hydrogens is 431 g/mol. The Balaban J connectivity index is 1.45. The van der Waals surface area contributed by atoms with Crippen LogP contribution in [0.1, 0.15) is 61.8 Å². The lowest BCUT2D eigenvalue weighted by Crippen LogP contribution is -1.88. The minimum atomic E-state index is -0.286. The molecule has 0 N–H and O–H groups in total. The lowest BCUT2D eigenvalue weighted by Gasteiger charge is -1.99. The summed E-state index contributed by atoms with van der Waals surface area (Å²) in [7, 11) is 0. The third kappa shape index (κ3) is 5.34. The molecule has 0 saturated heterocycles. The van der Waals surface area contributed by atoms with Crippen LogP contribution in [0, 0.1) is 5.13 Å². The molecule has 0 bridgehead atoms. The second-order valence-corrected chi connectivity index (χ2v) is 9.25. The highest BCUT2D eigenvalue weighted by Gasteiger charge is 2.16. The Morgan fingerprint density at radius 3 is 2.74 bits per heavy atom. The molecule has 3 heterocycles. The van der Waals surface area contributed by atoms with E-state index in [1.54, 1.807) is 18.5 Å². The largest absolute Gasteiger partial charge is 0.459 e. The molecule has 0 aliphatic carbocycles. The van der Waals surface area contributed by atoms with Crippen LogP contribution in [0.5, 0.6) is 0 Å². The number of aromatic nitrogens is 2. The smallest absolute Gasteiger partial charge is 0.204 e. The number of fused-ring (bicyclic) bond motifs is 1. The van der Waals surface area contributed by atoms with Crippen LogP contribution < -0.4 is 0 Å². The van der Waals surface area contributed by atoms with Gasteiger partial charge in [0.1, 0.15) is 22.0 Å². The molecule has 0 atom stereocenters. The molecule has 6 heteroatoms. The summed E-state index contributed by atoms with van der Waals surface area (Å²) in [6, 6.07) is 9.59. The van der Waals surface area contributed by atoms with E-state index in [9.17, 15) is 4.39 Å². The normalized spacial score (nSPS) is 11.5. The molecule has 0 amide bonds. The molecule has 31 heavy (non-hydrogen) atoms. The molecule has 162 valence electrons. The zero-order chi connectivity index (χ0) is 21.6. The first-order chi connectivity index (χ1) is 15.2. The van der Waals surface area contributed by atoms with Crippen LogP contribution in [-0.4, -0.2) is 9.97 Å². The topological polar surface area (TPSA) is 38.9 Å². The number of pyridine rings is 1. The van der Waals surface area contributed by atoms with Crippen molar-refractivity contribution < 1.29 is 8.81 Å². The molecule has 0 unspecified atom stereocenters. The van der Waals surface area contributed by atoms with Crippen LogP contribution in [0.3, 0.4) is 0 Å². The van der Waals surface area contributed by atoms with Gasteiger partial charge in [0.15, 0.2) is 0 Å². The third-order valence-electron chi connectivity index (χ3n) is 5.44. The van der Waals surface area contributed by atoms with Crippen molar-refractivity contribution in [1.29, 1.82) is 0 Å². The number of rotatable bonds is 10. The van der Waals surface area contributed by atoms with Gasteiger partial charge in [-0.15, -0.1) is 0 Å². The standard InChI is InChI=1S/C25H26ClFN2OS/c1-2-3-4-5-6-7-10-21-23(26)19-14-17(11-12-20(19)30-21)15-22-29-24(25(27)31-22)18-9-8-13-28-16-18/h8-9,11-14,16H,2-7,10,15H2,1H3. The fourth-order valence-corrected chi connectivity index (χ4v) is 4.90. The monoisotopic (exact) mass is 456 g/mol. The Hall–Kier alpha value is -2.24. The Morgan fingerprint density at radius 1 is 1.10 bits per heavy atom. The maximum atomic E-state index is 14.4. The Morgan fingerprint density at radius 2 is 1.94 bits per heavy atom. The van der Waals surface area contributed by atoms with E-state index in [2.05, 4.69) is 16.9 Å². The van der Waals surface area contributed by atoms with Gasteiger partial charge in [-0.3, -0.25) is 4.98 Å². The van der Waals surface area contributed by atoms with Crippen molar-refractivity contribution in [3.8, 4) is 11.3 Å². The van der Waals surface area contributed by atoms with E-state index < -0.39 is 0 Å². The first-order valence-corrected chi connectivity index (χ1v) is 12.1. The van der Waals surface area contributed by atoms with Crippen LogP contribution in [0.15, 0.2) is 47.1 Å². The Labute approximate surface area is 191 Å². The van der Waals surface area contributed by atoms with Gasteiger partial charge in [0.25, 0.3) is 0 Å². The van der Waals surface area contributed by atoms with Gasteiger partial charge in [0, 0.05) is 36.2 Å². The third-order valence-corrected chi connectivity index (χ3v) is 6.69. The second kappa shape index (κ2) is 10.4. The maximum absolute atomic E-state index is 14.4. The van der Waals surface area contributed by atoms with Gasteiger partial charge in [-0.05, 0) is 36.2 Å². The highest BCUT2D eigenvalue weighted by atomic mass is 35.5. The summed E-state index contributed by atoms with van der Waals surface area (Å²) in [5.74, 6) is 0.864. The number of unbranched alkanes of at least 4 members (excludes halogenated alkanes) is 5. The first-order valence-electron chi connectivity index (χ1n) is 10.9. The van der Waals surface area contributed by atoms with Gasteiger partial charge in [-0.2, -0.15) is 4.39 Å². The number of hydrogen-bond acceptors (Lipinski definition) is 4. The molecule has 4 rings (SSSR count). The molecule has 1 aromatic carbocycles. The number of benzene rings is 1. The summed E-state index contributed by atoms with van der Waals surface area (Å²) in [5.41, 5.74) is 2.89. The summed E-state index contributed by atoms with van der Waals surface area (Å²) >= 11 is 7.71. The molecule has 3 nitrogen and oxygen atoms in total. The van der Waals surface area contributed by atoms with Crippen molar-refractivity contribution in [2.45, 2.75) is 58.3 Å². The van der Waals surface area contributed by atoms with Crippen molar-refractivity contribution in [3.05, 3.63) is 69.2 Å². The zero-order valence-electron chi connectivity index (χ0n) is 17.7. The maximum Gasteiger partial charge on any atom is 0.204 e. The number of furan rings is 1. The van der Waals surface area contributed by atoms with Crippen LogP contribution in [-0.2, 0) is 12.8 Å². The minimum Gasteiger partial charge on any atom is -0.459 e. The molecule has 0 fully saturated rings. The van der Waals surface area contributed by atoms with Crippen LogP contribution in [0.4, 0.5) is 4.39 Å². The van der Waals surface area contributed by atoms with Crippen molar-refractivity contribution >= 4 is 33.9 Å². The lowest BCUT2D eigenvalue weighted by molar-refractivity contribution is 0.522. The number of aryl methyl sites for hydroxylation is 1. The zero-order valence-corrected chi connectivity index (χ0v) is 19.2. The highest BCUT2D eigenvalue weighted by Crippen LogP contribution is 2.34. The highest BCUT2D eigenvalue weighted by molar-refractivity contribution is 7.10. The predicted molar refractivity (Wildman–Crippen MR) is 126 cm³/mol. The molecular formula is C25H26ClFN2OS. The number of hydrogen-bond donors (Lipinski definition) is 0. The van der Waals surface area contributed by atoms with Gasteiger partial charge in [-0.1, -0.05) is 68.0 Å². The van der Waals surface area contributed by atoms with E-state index >= 15 is 0 Å². The van der Waals surface area contributed by atoms with Gasteiger partial charge in [-0.25, -0.2) is 4.98 Å². The summed E-state index contributed by atoms with van der Waals surface area (Å²) < 4.78 is 20.4. The Kier molecular flexibility index (Phi) is 7.36. The SMILES string of the molecule is CCCCCCCCc1oc2ccc(Cc3nc(-c4cccnc4)c(F)s3)cc2c1Cl. The van der Waals surface area contributed by atoms with E-state index in [1.165, 1.54) is 32.1 Å². The van der Waals surface area contributed by atoms with Crippen LogP contribution in [0.2, 0.25) is 5.02 Å². The fraction of sp³-hybridized carbons (Fsp3) is 0.360. The molecule has 4 aromatic rings. The second-order valence-electron chi connectivity index (χ2n) is 7.84. The molecule has 0 aliphatic heterocycles. The van der Waals surface area contributed by atoms with E-state index in [1.807, 2.05) is 24.3 Å².